The van der Waals surface area contributed by atoms with Crippen LogP contribution in [-0.2, 0) is 6.18 Å². The number of hydrogen-bond acceptors (Lipinski definition) is 1. The third-order valence-corrected chi connectivity index (χ3v) is 3.55. The van der Waals surface area contributed by atoms with Crippen molar-refractivity contribution in [1.82, 2.24) is 5.32 Å². The largest absolute Gasteiger partial charge is 0.416 e. The van der Waals surface area contributed by atoms with E-state index in [1.165, 1.54) is 12.1 Å². The van der Waals surface area contributed by atoms with Gasteiger partial charge >= 0.3 is 6.18 Å². The highest BCUT2D eigenvalue weighted by Gasteiger charge is 2.31. The number of alkyl halides is 3. The van der Waals surface area contributed by atoms with Gasteiger partial charge in [0, 0.05) is 6.04 Å². The number of benzene rings is 1. The molecule has 1 aromatic carbocycles. The van der Waals surface area contributed by atoms with Gasteiger partial charge < -0.3 is 5.32 Å². The standard InChI is InChI=1S/C13H16F3N/c1-17-12-4-2-3-11(12)9-5-7-10(8-6-9)13(14,15)16/h5-8,11-12,17H,2-4H2,1H3. The van der Waals surface area contributed by atoms with Crippen LogP contribution in [0.25, 0.3) is 0 Å². The van der Waals surface area contributed by atoms with Crippen LogP contribution in [0.15, 0.2) is 24.3 Å². The van der Waals surface area contributed by atoms with Gasteiger partial charge in [-0.1, -0.05) is 18.6 Å². The van der Waals surface area contributed by atoms with Crippen LogP contribution in [0.2, 0.25) is 0 Å². The van der Waals surface area contributed by atoms with Crippen molar-refractivity contribution in [3.8, 4) is 0 Å². The highest BCUT2D eigenvalue weighted by Crippen LogP contribution is 2.36. The second kappa shape index (κ2) is 4.69. The highest BCUT2D eigenvalue weighted by molar-refractivity contribution is 5.28. The van der Waals surface area contributed by atoms with E-state index in [1.807, 2.05) is 7.05 Å². The van der Waals surface area contributed by atoms with Gasteiger partial charge in [-0.2, -0.15) is 13.2 Å². The number of halogens is 3. The Morgan fingerprint density at radius 3 is 2.29 bits per heavy atom. The fraction of sp³-hybridized carbons (Fsp3) is 0.538. The number of rotatable bonds is 2. The molecule has 0 heterocycles. The molecule has 1 aliphatic carbocycles. The molecule has 94 valence electrons. The number of likely N-dealkylation sites (N-methyl/N-ethyl adjacent to an activating group) is 1. The van der Waals surface area contributed by atoms with E-state index in [4.69, 9.17) is 0 Å². The third-order valence-electron chi connectivity index (χ3n) is 3.55. The Morgan fingerprint density at radius 2 is 1.76 bits per heavy atom. The summed E-state index contributed by atoms with van der Waals surface area (Å²) in [5.41, 5.74) is 0.440. The van der Waals surface area contributed by atoms with Gasteiger partial charge in [-0.3, -0.25) is 0 Å². The van der Waals surface area contributed by atoms with E-state index in [2.05, 4.69) is 5.32 Å². The zero-order chi connectivity index (χ0) is 12.5. The lowest BCUT2D eigenvalue weighted by molar-refractivity contribution is -0.137. The zero-order valence-electron chi connectivity index (χ0n) is 9.72. The van der Waals surface area contributed by atoms with Gasteiger partial charge in [0.25, 0.3) is 0 Å². The SMILES string of the molecule is CNC1CCCC1c1ccc(C(F)(F)F)cc1. The molecule has 1 saturated carbocycles. The molecule has 1 fully saturated rings. The lowest BCUT2D eigenvalue weighted by Crippen LogP contribution is -2.27. The fourth-order valence-electron chi connectivity index (χ4n) is 2.62. The molecule has 0 spiro atoms. The fourth-order valence-corrected chi connectivity index (χ4v) is 2.62. The first-order valence-electron chi connectivity index (χ1n) is 5.87. The molecule has 1 nitrogen and oxygen atoms in total. The highest BCUT2D eigenvalue weighted by atomic mass is 19.4. The Hall–Kier alpha value is -1.03. The summed E-state index contributed by atoms with van der Waals surface area (Å²) >= 11 is 0. The molecule has 0 amide bonds. The summed E-state index contributed by atoms with van der Waals surface area (Å²) in [6.07, 6.45) is -0.952. The Kier molecular flexibility index (Phi) is 3.43. The molecular weight excluding hydrogens is 227 g/mol. The van der Waals surface area contributed by atoms with E-state index >= 15 is 0 Å². The molecule has 0 radical (unpaired) electrons. The molecule has 1 N–H and O–H groups in total. The van der Waals surface area contributed by atoms with Gasteiger partial charge in [0.2, 0.25) is 0 Å². The van der Waals surface area contributed by atoms with Crippen molar-refractivity contribution < 1.29 is 13.2 Å². The van der Waals surface area contributed by atoms with E-state index < -0.39 is 11.7 Å². The zero-order valence-corrected chi connectivity index (χ0v) is 9.72. The van der Waals surface area contributed by atoms with Gasteiger partial charge in [0.15, 0.2) is 0 Å². The van der Waals surface area contributed by atoms with Crippen molar-refractivity contribution in [2.24, 2.45) is 0 Å². The summed E-state index contributed by atoms with van der Waals surface area (Å²) in [7, 11) is 1.91. The van der Waals surface area contributed by atoms with Crippen LogP contribution in [0, 0.1) is 0 Å². The lowest BCUT2D eigenvalue weighted by atomic mass is 9.93. The van der Waals surface area contributed by atoms with Crippen LogP contribution >= 0.6 is 0 Å². The summed E-state index contributed by atoms with van der Waals surface area (Å²) < 4.78 is 37.3. The van der Waals surface area contributed by atoms with Crippen LogP contribution in [0.4, 0.5) is 13.2 Å². The monoisotopic (exact) mass is 243 g/mol. The first kappa shape index (κ1) is 12.4. The molecule has 0 saturated heterocycles. The molecule has 0 bridgehead atoms. The molecule has 2 atom stereocenters. The minimum atomic E-state index is -4.24. The van der Waals surface area contributed by atoms with Crippen LogP contribution < -0.4 is 5.32 Å². The first-order valence-corrected chi connectivity index (χ1v) is 5.87. The molecule has 4 heteroatoms. The van der Waals surface area contributed by atoms with E-state index in [0.717, 1.165) is 24.8 Å². The van der Waals surface area contributed by atoms with E-state index in [9.17, 15) is 13.2 Å². The summed E-state index contributed by atoms with van der Waals surface area (Å²) in [4.78, 5) is 0. The van der Waals surface area contributed by atoms with Crippen LogP contribution in [0.1, 0.15) is 36.3 Å². The quantitative estimate of drug-likeness (QED) is 0.837. The van der Waals surface area contributed by atoms with Crippen molar-refractivity contribution in [1.29, 1.82) is 0 Å². The van der Waals surface area contributed by atoms with Crippen molar-refractivity contribution in [3.63, 3.8) is 0 Å². The van der Waals surface area contributed by atoms with E-state index in [1.54, 1.807) is 12.1 Å². The molecule has 1 aliphatic rings. The van der Waals surface area contributed by atoms with Gasteiger partial charge in [-0.15, -0.1) is 0 Å². The van der Waals surface area contributed by atoms with Gasteiger partial charge in [-0.05, 0) is 43.5 Å². The Bertz CT molecular complexity index is 369. The average molecular weight is 243 g/mol. The van der Waals surface area contributed by atoms with Crippen molar-refractivity contribution >= 4 is 0 Å². The molecule has 0 aromatic heterocycles. The predicted molar refractivity (Wildman–Crippen MR) is 60.9 cm³/mol. The minimum absolute atomic E-state index is 0.349. The molecule has 2 rings (SSSR count). The second-order valence-corrected chi connectivity index (χ2v) is 4.55. The maximum Gasteiger partial charge on any atom is 0.416 e. The van der Waals surface area contributed by atoms with Crippen LogP contribution in [-0.4, -0.2) is 13.1 Å². The second-order valence-electron chi connectivity index (χ2n) is 4.55. The number of nitrogens with one attached hydrogen (secondary N) is 1. The average Bonchev–Trinajstić information content (AvgIpc) is 2.76. The van der Waals surface area contributed by atoms with Crippen molar-refractivity contribution in [3.05, 3.63) is 35.4 Å². The number of hydrogen-bond donors (Lipinski definition) is 1. The van der Waals surface area contributed by atoms with E-state index in [-0.39, 0.29) is 0 Å². The van der Waals surface area contributed by atoms with Gasteiger partial charge in [0.05, 0.1) is 5.56 Å². The molecular formula is C13H16F3N. The summed E-state index contributed by atoms with van der Waals surface area (Å²) in [6.45, 7) is 0. The predicted octanol–water partition coefficient (Wildman–Crippen LogP) is 3.56. The summed E-state index contributed by atoms with van der Waals surface area (Å²) in [5.74, 6) is 0.349. The normalized spacial score (nSPS) is 25.2. The molecule has 2 unspecified atom stereocenters. The Balaban J connectivity index is 2.18. The maximum absolute atomic E-state index is 12.4. The van der Waals surface area contributed by atoms with Crippen LogP contribution in [0.5, 0.6) is 0 Å². The third kappa shape index (κ3) is 2.63. The Morgan fingerprint density at radius 1 is 1.12 bits per heavy atom. The van der Waals surface area contributed by atoms with Crippen molar-refractivity contribution in [2.75, 3.05) is 7.05 Å². The van der Waals surface area contributed by atoms with Gasteiger partial charge in [-0.25, -0.2) is 0 Å². The van der Waals surface area contributed by atoms with Crippen LogP contribution in [0.3, 0.4) is 0 Å². The topological polar surface area (TPSA) is 12.0 Å². The smallest absolute Gasteiger partial charge is 0.316 e. The first-order chi connectivity index (χ1) is 8.02. The molecule has 0 aliphatic heterocycles. The summed E-state index contributed by atoms with van der Waals surface area (Å²) in [6, 6.07) is 5.99. The minimum Gasteiger partial charge on any atom is -0.316 e. The lowest BCUT2D eigenvalue weighted by Gasteiger charge is -2.19. The summed E-state index contributed by atoms with van der Waals surface area (Å²) in [5, 5.41) is 3.24. The van der Waals surface area contributed by atoms with E-state index in [0.29, 0.717) is 12.0 Å². The maximum atomic E-state index is 12.4. The van der Waals surface area contributed by atoms with Gasteiger partial charge in [0.1, 0.15) is 0 Å². The van der Waals surface area contributed by atoms with Crippen molar-refractivity contribution in [2.45, 2.75) is 37.4 Å². The Labute approximate surface area is 99.0 Å². The molecule has 17 heavy (non-hydrogen) atoms. The molecule has 1 aromatic rings.